The third-order valence-corrected chi connectivity index (χ3v) is 5.30. The van der Waals surface area contributed by atoms with E-state index in [0.29, 0.717) is 11.1 Å². The molecule has 0 spiro atoms. The molecule has 0 saturated carbocycles. The zero-order chi connectivity index (χ0) is 19.7. The summed E-state index contributed by atoms with van der Waals surface area (Å²) in [5, 5.41) is 11.0. The van der Waals surface area contributed by atoms with E-state index in [0.717, 1.165) is 18.2 Å². The van der Waals surface area contributed by atoms with Crippen molar-refractivity contribution in [1.29, 1.82) is 0 Å². The van der Waals surface area contributed by atoms with Gasteiger partial charge >= 0.3 is 6.18 Å². The van der Waals surface area contributed by atoms with Crippen LogP contribution < -0.4 is 4.72 Å². The Morgan fingerprint density at radius 1 is 1.12 bits per heavy atom. The van der Waals surface area contributed by atoms with Crippen molar-refractivity contribution in [2.75, 3.05) is 0 Å². The SMILES string of the molecule is Cc1ccc(S(=O)(=O)NC(C)c2ccc(C(F)(F)F)cc2)cc1[N+](=O)[O-]. The van der Waals surface area contributed by atoms with Crippen molar-refractivity contribution in [3.8, 4) is 0 Å². The van der Waals surface area contributed by atoms with Gasteiger partial charge < -0.3 is 0 Å². The maximum absolute atomic E-state index is 12.6. The number of nitro benzene ring substituents is 1. The Hall–Kier alpha value is -2.46. The fraction of sp³-hybridized carbons (Fsp3) is 0.250. The molecule has 0 aromatic heterocycles. The van der Waals surface area contributed by atoms with Crippen LogP contribution in [0.15, 0.2) is 47.4 Å². The number of nitrogens with one attached hydrogen (secondary N) is 1. The van der Waals surface area contributed by atoms with Gasteiger partial charge in [-0.15, -0.1) is 0 Å². The molecule has 2 aromatic rings. The van der Waals surface area contributed by atoms with E-state index in [1.165, 1.54) is 38.1 Å². The molecule has 0 heterocycles. The van der Waals surface area contributed by atoms with Crippen molar-refractivity contribution in [1.82, 2.24) is 4.72 Å². The van der Waals surface area contributed by atoms with Gasteiger partial charge in [0.25, 0.3) is 5.69 Å². The van der Waals surface area contributed by atoms with Crippen LogP contribution in [0, 0.1) is 17.0 Å². The zero-order valence-electron chi connectivity index (χ0n) is 13.7. The van der Waals surface area contributed by atoms with Crippen molar-refractivity contribution in [2.45, 2.75) is 31.0 Å². The fourth-order valence-electron chi connectivity index (χ4n) is 2.28. The van der Waals surface area contributed by atoms with E-state index in [-0.39, 0.29) is 10.6 Å². The van der Waals surface area contributed by atoms with Gasteiger partial charge in [-0.1, -0.05) is 18.2 Å². The van der Waals surface area contributed by atoms with E-state index < -0.39 is 32.7 Å². The molecule has 0 aliphatic heterocycles. The molecule has 0 radical (unpaired) electrons. The van der Waals surface area contributed by atoms with Gasteiger partial charge in [0.15, 0.2) is 0 Å². The monoisotopic (exact) mass is 388 g/mol. The molecular formula is C16H15F3N2O4S. The number of hydrogen-bond acceptors (Lipinski definition) is 4. The summed E-state index contributed by atoms with van der Waals surface area (Å²) in [5.41, 5.74) is -0.548. The minimum absolute atomic E-state index is 0.298. The molecule has 0 saturated heterocycles. The van der Waals surface area contributed by atoms with Crippen LogP contribution in [-0.4, -0.2) is 13.3 Å². The second-order valence-electron chi connectivity index (χ2n) is 5.67. The van der Waals surface area contributed by atoms with Crippen LogP contribution in [0.5, 0.6) is 0 Å². The molecule has 2 aromatic carbocycles. The van der Waals surface area contributed by atoms with Gasteiger partial charge in [0, 0.05) is 17.7 Å². The summed E-state index contributed by atoms with van der Waals surface area (Å²) in [4.78, 5) is 9.97. The number of nitro groups is 1. The Kier molecular flexibility index (Phi) is 5.38. The lowest BCUT2D eigenvalue weighted by atomic mass is 10.1. The summed E-state index contributed by atoms with van der Waals surface area (Å²) in [6.45, 7) is 2.94. The number of halogens is 3. The van der Waals surface area contributed by atoms with Gasteiger partial charge in [0.1, 0.15) is 0 Å². The minimum atomic E-state index is -4.48. The van der Waals surface area contributed by atoms with Crippen LogP contribution in [-0.2, 0) is 16.2 Å². The molecule has 26 heavy (non-hydrogen) atoms. The first kappa shape index (κ1) is 19.9. The first-order valence-electron chi connectivity index (χ1n) is 7.36. The molecule has 0 bridgehead atoms. The van der Waals surface area contributed by atoms with E-state index in [4.69, 9.17) is 0 Å². The lowest BCUT2D eigenvalue weighted by Gasteiger charge is -2.16. The highest BCUT2D eigenvalue weighted by Gasteiger charge is 2.30. The Labute approximate surface area is 147 Å². The van der Waals surface area contributed by atoms with Crippen LogP contribution in [0.1, 0.15) is 29.7 Å². The number of hydrogen-bond donors (Lipinski definition) is 1. The topological polar surface area (TPSA) is 89.3 Å². The Morgan fingerprint density at radius 3 is 2.19 bits per heavy atom. The molecule has 2 rings (SSSR count). The first-order valence-corrected chi connectivity index (χ1v) is 8.84. The van der Waals surface area contributed by atoms with Crippen molar-refractivity contribution in [3.63, 3.8) is 0 Å². The summed E-state index contributed by atoms with van der Waals surface area (Å²) >= 11 is 0. The predicted molar refractivity (Wildman–Crippen MR) is 88.0 cm³/mol. The lowest BCUT2D eigenvalue weighted by molar-refractivity contribution is -0.385. The van der Waals surface area contributed by atoms with Gasteiger partial charge in [0.05, 0.1) is 15.4 Å². The lowest BCUT2D eigenvalue weighted by Crippen LogP contribution is -2.27. The second-order valence-corrected chi connectivity index (χ2v) is 7.38. The third kappa shape index (κ3) is 4.38. The second kappa shape index (κ2) is 7.04. The highest BCUT2D eigenvalue weighted by Crippen LogP contribution is 2.30. The Balaban J connectivity index is 2.26. The summed E-state index contributed by atoms with van der Waals surface area (Å²) in [6.07, 6.45) is -4.48. The smallest absolute Gasteiger partial charge is 0.258 e. The number of aryl methyl sites for hydroxylation is 1. The summed E-state index contributed by atoms with van der Waals surface area (Å²) in [7, 11) is -4.10. The van der Waals surface area contributed by atoms with Crippen molar-refractivity contribution >= 4 is 15.7 Å². The molecule has 1 atom stereocenters. The molecule has 6 nitrogen and oxygen atoms in total. The number of benzene rings is 2. The standard InChI is InChI=1S/C16H15F3N2O4S/c1-10-3-8-14(9-15(10)21(22)23)26(24,25)20-11(2)12-4-6-13(7-5-12)16(17,18)19/h3-9,11,20H,1-2H3. The molecule has 10 heteroatoms. The summed E-state index contributed by atoms with van der Waals surface area (Å²) in [6, 6.07) is 6.72. The van der Waals surface area contributed by atoms with E-state index in [9.17, 15) is 31.7 Å². The molecule has 0 fully saturated rings. The molecule has 1 unspecified atom stereocenters. The highest BCUT2D eigenvalue weighted by molar-refractivity contribution is 7.89. The maximum atomic E-state index is 12.6. The van der Waals surface area contributed by atoms with E-state index in [1.54, 1.807) is 0 Å². The van der Waals surface area contributed by atoms with Crippen LogP contribution >= 0.6 is 0 Å². The van der Waals surface area contributed by atoms with Gasteiger partial charge in [-0.25, -0.2) is 13.1 Å². The largest absolute Gasteiger partial charge is 0.416 e. The van der Waals surface area contributed by atoms with Gasteiger partial charge in [0.2, 0.25) is 10.0 Å². The molecule has 0 amide bonds. The van der Waals surface area contributed by atoms with Crippen molar-refractivity contribution < 1.29 is 26.5 Å². The predicted octanol–water partition coefficient (Wildman–Crippen LogP) is 3.96. The number of sulfonamides is 1. The number of rotatable bonds is 5. The molecule has 0 aliphatic carbocycles. The zero-order valence-corrected chi connectivity index (χ0v) is 14.6. The van der Waals surface area contributed by atoms with Gasteiger partial charge in [-0.05, 0) is 37.6 Å². The third-order valence-electron chi connectivity index (χ3n) is 3.76. The average molecular weight is 388 g/mol. The number of alkyl halides is 3. The summed E-state index contributed by atoms with van der Waals surface area (Å²) < 4.78 is 64.9. The normalized spacial score (nSPS) is 13.4. The maximum Gasteiger partial charge on any atom is 0.416 e. The van der Waals surface area contributed by atoms with Crippen LogP contribution in [0.4, 0.5) is 18.9 Å². The van der Waals surface area contributed by atoms with Gasteiger partial charge in [-0.2, -0.15) is 13.2 Å². The minimum Gasteiger partial charge on any atom is -0.258 e. The van der Waals surface area contributed by atoms with Crippen LogP contribution in [0.2, 0.25) is 0 Å². The van der Waals surface area contributed by atoms with E-state index in [2.05, 4.69) is 4.72 Å². The quantitative estimate of drug-likeness (QED) is 0.620. The van der Waals surface area contributed by atoms with E-state index in [1.807, 2.05) is 0 Å². The average Bonchev–Trinajstić information content (AvgIpc) is 2.53. The Bertz CT molecular complexity index is 926. The molecular weight excluding hydrogens is 373 g/mol. The first-order chi connectivity index (χ1) is 11.9. The van der Waals surface area contributed by atoms with Crippen molar-refractivity contribution in [3.05, 3.63) is 69.3 Å². The van der Waals surface area contributed by atoms with Gasteiger partial charge in [-0.3, -0.25) is 10.1 Å². The fourth-order valence-corrected chi connectivity index (χ4v) is 3.53. The van der Waals surface area contributed by atoms with E-state index >= 15 is 0 Å². The molecule has 0 aliphatic rings. The Morgan fingerprint density at radius 2 is 1.69 bits per heavy atom. The van der Waals surface area contributed by atoms with Crippen LogP contribution in [0.25, 0.3) is 0 Å². The van der Waals surface area contributed by atoms with Crippen LogP contribution in [0.3, 0.4) is 0 Å². The molecule has 140 valence electrons. The summed E-state index contributed by atoms with van der Waals surface area (Å²) in [5.74, 6) is 0. The number of nitrogens with zero attached hydrogens (tertiary/aromatic N) is 1. The highest BCUT2D eigenvalue weighted by atomic mass is 32.2. The van der Waals surface area contributed by atoms with Crippen molar-refractivity contribution in [2.24, 2.45) is 0 Å². The molecule has 1 N–H and O–H groups in total.